The van der Waals surface area contributed by atoms with Gasteiger partial charge in [-0.2, -0.15) is 10.2 Å². The number of nitrogens with two attached hydrogens (primary N) is 1. The van der Waals surface area contributed by atoms with Crippen molar-refractivity contribution in [2.75, 3.05) is 5.73 Å². The molecule has 0 spiro atoms. The Morgan fingerprint density at radius 3 is 2.67 bits per heavy atom. The molecule has 3 N–H and O–H groups in total. The van der Waals surface area contributed by atoms with E-state index in [0.29, 0.717) is 5.69 Å². The minimum Gasteiger partial charge on any atom is -0.396 e. The number of nitrogen functional groups attached to an aromatic ring is 1. The third-order valence-electron chi connectivity index (χ3n) is 2.67. The van der Waals surface area contributed by atoms with Gasteiger partial charge in [0, 0.05) is 12.4 Å². The van der Waals surface area contributed by atoms with E-state index < -0.39 is 0 Å². The molecule has 2 aromatic heterocycles. The molecule has 0 saturated carbocycles. The fourth-order valence-electron chi connectivity index (χ4n) is 1.48. The first-order chi connectivity index (χ1) is 7.01. The summed E-state index contributed by atoms with van der Waals surface area (Å²) in [5.41, 5.74) is 8.08. The first kappa shape index (κ1) is 9.76. The molecule has 0 aliphatic heterocycles. The van der Waals surface area contributed by atoms with Crippen LogP contribution in [0.4, 0.5) is 5.69 Å². The van der Waals surface area contributed by atoms with Gasteiger partial charge in [-0.3, -0.25) is 9.78 Å². The van der Waals surface area contributed by atoms with E-state index >= 15 is 0 Å². The van der Waals surface area contributed by atoms with Crippen molar-refractivity contribution >= 4 is 5.69 Å². The molecule has 0 saturated heterocycles. The van der Waals surface area contributed by atoms with Gasteiger partial charge >= 0.3 is 0 Å². The highest BCUT2D eigenvalue weighted by atomic mass is 15.3. The Balaban J connectivity index is 2.46. The van der Waals surface area contributed by atoms with Gasteiger partial charge in [-0.15, -0.1) is 0 Å². The Kier molecular flexibility index (Phi) is 2.03. The number of aryl methyl sites for hydroxylation is 1. The van der Waals surface area contributed by atoms with Gasteiger partial charge in [0.25, 0.3) is 0 Å². The van der Waals surface area contributed by atoms with E-state index in [0.717, 1.165) is 11.4 Å². The van der Waals surface area contributed by atoms with Crippen molar-refractivity contribution in [2.45, 2.75) is 26.3 Å². The van der Waals surface area contributed by atoms with Gasteiger partial charge < -0.3 is 5.73 Å². The average Bonchev–Trinajstić information content (AvgIpc) is 2.77. The summed E-state index contributed by atoms with van der Waals surface area (Å²) in [5, 5.41) is 11.3. The standard InChI is InChI=1S/C10H15N5/c1-7-8(11)6-15(14-7)10(2,3)9-4-5-12-13-9/h4-6H,11H2,1-3H3,(H,12,13). The summed E-state index contributed by atoms with van der Waals surface area (Å²) in [5.74, 6) is 0. The van der Waals surface area contributed by atoms with Crippen molar-refractivity contribution in [2.24, 2.45) is 0 Å². The molecule has 0 radical (unpaired) electrons. The molecule has 0 aliphatic rings. The van der Waals surface area contributed by atoms with E-state index in [1.54, 1.807) is 6.20 Å². The molecule has 2 aromatic rings. The third-order valence-corrected chi connectivity index (χ3v) is 2.67. The number of rotatable bonds is 2. The molecule has 0 unspecified atom stereocenters. The van der Waals surface area contributed by atoms with E-state index in [1.807, 2.05) is 23.9 Å². The number of nitrogens with zero attached hydrogens (tertiary/aromatic N) is 3. The van der Waals surface area contributed by atoms with Gasteiger partial charge in [0.1, 0.15) is 0 Å². The minimum atomic E-state index is -0.265. The van der Waals surface area contributed by atoms with E-state index in [2.05, 4.69) is 29.1 Å². The van der Waals surface area contributed by atoms with Crippen LogP contribution in [0.25, 0.3) is 0 Å². The Hall–Kier alpha value is -1.78. The van der Waals surface area contributed by atoms with Crippen LogP contribution >= 0.6 is 0 Å². The van der Waals surface area contributed by atoms with Crippen molar-refractivity contribution in [3.05, 3.63) is 29.8 Å². The third kappa shape index (κ3) is 1.49. The SMILES string of the molecule is Cc1nn(C(C)(C)c2ccn[nH]2)cc1N. The number of nitrogens with one attached hydrogen (secondary N) is 1. The summed E-state index contributed by atoms with van der Waals surface area (Å²) in [4.78, 5) is 0. The second-order valence-corrected chi connectivity index (χ2v) is 4.14. The number of hydrogen-bond acceptors (Lipinski definition) is 3. The van der Waals surface area contributed by atoms with Gasteiger partial charge in [0.2, 0.25) is 0 Å². The van der Waals surface area contributed by atoms with Gasteiger partial charge in [-0.05, 0) is 26.8 Å². The monoisotopic (exact) mass is 205 g/mol. The molecular weight excluding hydrogens is 190 g/mol. The number of hydrogen-bond donors (Lipinski definition) is 2. The molecule has 0 atom stereocenters. The molecule has 5 heteroatoms. The highest BCUT2D eigenvalue weighted by molar-refractivity contribution is 5.40. The van der Waals surface area contributed by atoms with Gasteiger partial charge in [0.05, 0.1) is 22.6 Å². The number of H-pyrrole nitrogens is 1. The van der Waals surface area contributed by atoms with Gasteiger partial charge in [-0.1, -0.05) is 0 Å². The summed E-state index contributed by atoms with van der Waals surface area (Å²) in [6.07, 6.45) is 3.58. The molecule has 0 aromatic carbocycles. The van der Waals surface area contributed by atoms with Crippen LogP contribution in [0.2, 0.25) is 0 Å². The second-order valence-electron chi connectivity index (χ2n) is 4.14. The summed E-state index contributed by atoms with van der Waals surface area (Å²) in [6, 6.07) is 1.94. The fraction of sp³-hybridized carbons (Fsp3) is 0.400. The molecule has 0 aliphatic carbocycles. The molecule has 2 rings (SSSR count). The van der Waals surface area contributed by atoms with Crippen LogP contribution in [-0.4, -0.2) is 20.0 Å². The highest BCUT2D eigenvalue weighted by Gasteiger charge is 2.25. The van der Waals surface area contributed by atoms with Crippen molar-refractivity contribution < 1.29 is 0 Å². The smallest absolute Gasteiger partial charge is 0.0984 e. The van der Waals surface area contributed by atoms with Gasteiger partial charge in [-0.25, -0.2) is 0 Å². The Bertz CT molecular complexity index is 433. The van der Waals surface area contributed by atoms with E-state index in [-0.39, 0.29) is 5.54 Å². The lowest BCUT2D eigenvalue weighted by Crippen LogP contribution is -2.28. The van der Waals surface area contributed by atoms with Gasteiger partial charge in [0.15, 0.2) is 0 Å². The molecule has 2 heterocycles. The zero-order valence-electron chi connectivity index (χ0n) is 9.15. The quantitative estimate of drug-likeness (QED) is 0.775. The fourth-order valence-corrected chi connectivity index (χ4v) is 1.48. The summed E-state index contributed by atoms with van der Waals surface area (Å²) in [7, 11) is 0. The zero-order chi connectivity index (χ0) is 11.1. The van der Waals surface area contributed by atoms with Crippen LogP contribution in [0.1, 0.15) is 25.2 Å². The predicted molar refractivity (Wildman–Crippen MR) is 58.4 cm³/mol. The molecule has 0 amide bonds. The lowest BCUT2D eigenvalue weighted by molar-refractivity contribution is 0.378. The Labute approximate surface area is 88.3 Å². The highest BCUT2D eigenvalue weighted by Crippen LogP contribution is 2.24. The summed E-state index contributed by atoms with van der Waals surface area (Å²) < 4.78 is 1.85. The molecule has 0 fully saturated rings. The maximum atomic E-state index is 5.78. The number of aromatic amines is 1. The van der Waals surface area contributed by atoms with Crippen LogP contribution in [-0.2, 0) is 5.54 Å². The van der Waals surface area contributed by atoms with Crippen LogP contribution in [0.15, 0.2) is 18.5 Å². The van der Waals surface area contributed by atoms with Crippen molar-refractivity contribution in [3.8, 4) is 0 Å². The average molecular weight is 205 g/mol. The maximum absolute atomic E-state index is 5.78. The molecule has 5 nitrogen and oxygen atoms in total. The van der Waals surface area contributed by atoms with Crippen molar-refractivity contribution in [3.63, 3.8) is 0 Å². The normalized spacial score (nSPS) is 11.9. The van der Waals surface area contributed by atoms with Crippen LogP contribution in [0.5, 0.6) is 0 Å². The van der Waals surface area contributed by atoms with E-state index in [4.69, 9.17) is 5.73 Å². The van der Waals surface area contributed by atoms with Crippen LogP contribution < -0.4 is 5.73 Å². The second kappa shape index (κ2) is 3.12. The summed E-state index contributed by atoms with van der Waals surface area (Å²) >= 11 is 0. The first-order valence-corrected chi connectivity index (χ1v) is 4.84. The van der Waals surface area contributed by atoms with Crippen LogP contribution in [0.3, 0.4) is 0 Å². The maximum Gasteiger partial charge on any atom is 0.0984 e. The topological polar surface area (TPSA) is 72.5 Å². The Morgan fingerprint density at radius 1 is 1.47 bits per heavy atom. The van der Waals surface area contributed by atoms with E-state index in [9.17, 15) is 0 Å². The molecule has 15 heavy (non-hydrogen) atoms. The van der Waals surface area contributed by atoms with E-state index in [1.165, 1.54) is 0 Å². The van der Waals surface area contributed by atoms with Crippen molar-refractivity contribution in [1.29, 1.82) is 0 Å². The van der Waals surface area contributed by atoms with Crippen LogP contribution in [0, 0.1) is 6.92 Å². The number of anilines is 1. The lowest BCUT2D eigenvalue weighted by atomic mass is 10.0. The number of aromatic nitrogens is 4. The first-order valence-electron chi connectivity index (χ1n) is 4.84. The molecule has 80 valence electrons. The Morgan fingerprint density at radius 2 is 2.20 bits per heavy atom. The minimum absolute atomic E-state index is 0.265. The molecule has 0 bridgehead atoms. The predicted octanol–water partition coefficient (Wildman–Crippen LogP) is 1.28. The molecular formula is C10H15N5. The lowest BCUT2D eigenvalue weighted by Gasteiger charge is -2.23. The summed E-state index contributed by atoms with van der Waals surface area (Å²) in [6.45, 7) is 6.02. The largest absolute Gasteiger partial charge is 0.396 e. The van der Waals surface area contributed by atoms with Crippen molar-refractivity contribution in [1.82, 2.24) is 20.0 Å². The zero-order valence-corrected chi connectivity index (χ0v) is 9.15.